The van der Waals surface area contributed by atoms with Crippen LogP contribution in [0.1, 0.15) is 303 Å². The van der Waals surface area contributed by atoms with E-state index in [1.807, 2.05) is 0 Å². The Balaban J connectivity index is 4.63. The number of rotatable bonds is 55. The van der Waals surface area contributed by atoms with Gasteiger partial charge < -0.3 is 20.3 Å². The van der Waals surface area contributed by atoms with E-state index in [2.05, 4.69) is 99.0 Å². The Bertz CT molecular complexity index is 1300. The summed E-state index contributed by atoms with van der Waals surface area (Å²) >= 11 is 0. The van der Waals surface area contributed by atoms with E-state index < -0.39 is 18.2 Å². The number of unbranched alkanes of at least 4 members (excludes halogenated alkanes) is 31. The van der Waals surface area contributed by atoms with Gasteiger partial charge in [0.15, 0.2) is 0 Å². The Hall–Kier alpha value is -2.70. The summed E-state index contributed by atoms with van der Waals surface area (Å²) in [6.07, 6.45) is 75.5. The van der Waals surface area contributed by atoms with Crippen molar-refractivity contribution in [1.29, 1.82) is 0 Å². The first kappa shape index (κ1) is 68.3. The minimum absolute atomic E-state index is 0.0341. The lowest BCUT2D eigenvalue weighted by molar-refractivity contribution is -0.151. The average Bonchev–Trinajstić information content (AvgIpc) is 3.36. The summed E-state index contributed by atoms with van der Waals surface area (Å²) in [6, 6.07) is -0.726. The Kier molecular flexibility index (Phi) is 56.0. The summed E-state index contributed by atoms with van der Waals surface area (Å²) in [5.74, 6) is -0.532. The standard InChI is InChI=1S/C65H117NO5/c1-4-7-10-13-16-19-22-25-28-31-34-37-40-43-46-49-52-55-58-65(70)71-61(56-53-50-47-44-41-38-35-32-29-26-23-20-17-14-11-8-5-2)59-64(69)66-62(60-67)63(68)57-54-51-48-45-42-39-36-33-30-27-24-21-18-15-12-9-6-3/h8,11,17,20,26,29,34-35,37-38,44,47,61-63,67-68H,4-7,9-10,12-16,18-19,21-25,27-28,30-33,36,39-43,45-46,48-60H2,1-3H3,(H,66,69)/b11-8-,20-17-,29-26-,37-34+,38-35-,47-44-. The molecule has 412 valence electrons. The van der Waals surface area contributed by atoms with Gasteiger partial charge in [-0.25, -0.2) is 0 Å². The van der Waals surface area contributed by atoms with Crippen LogP contribution < -0.4 is 5.32 Å². The molecule has 0 aromatic carbocycles. The number of carbonyl (C=O) groups is 2. The van der Waals surface area contributed by atoms with Gasteiger partial charge in [-0.1, -0.05) is 273 Å². The molecule has 0 aromatic rings. The number of esters is 1. The number of allylic oxidation sites excluding steroid dienone is 12. The lowest BCUT2D eigenvalue weighted by Crippen LogP contribution is -2.46. The number of aliphatic hydroxyl groups is 2. The van der Waals surface area contributed by atoms with Crippen molar-refractivity contribution in [3.8, 4) is 0 Å². The van der Waals surface area contributed by atoms with E-state index in [0.717, 1.165) is 89.9 Å². The van der Waals surface area contributed by atoms with Crippen molar-refractivity contribution < 1.29 is 24.5 Å². The molecule has 0 bridgehead atoms. The van der Waals surface area contributed by atoms with Crippen molar-refractivity contribution in [1.82, 2.24) is 5.32 Å². The molecule has 0 spiro atoms. The molecule has 1 amide bonds. The molecule has 6 nitrogen and oxygen atoms in total. The van der Waals surface area contributed by atoms with Crippen LogP contribution in [0.3, 0.4) is 0 Å². The Morgan fingerprint density at radius 3 is 1.20 bits per heavy atom. The number of aliphatic hydroxyl groups excluding tert-OH is 2. The normalized spacial score (nSPS) is 13.6. The summed E-state index contributed by atoms with van der Waals surface area (Å²) in [5.41, 5.74) is 0. The zero-order valence-corrected chi connectivity index (χ0v) is 47.1. The molecule has 0 saturated carbocycles. The van der Waals surface area contributed by atoms with Crippen molar-refractivity contribution >= 4 is 11.9 Å². The highest BCUT2D eigenvalue weighted by Gasteiger charge is 2.24. The van der Waals surface area contributed by atoms with Crippen LogP contribution in [0.2, 0.25) is 0 Å². The van der Waals surface area contributed by atoms with E-state index in [1.54, 1.807) is 0 Å². The molecule has 3 unspecified atom stereocenters. The van der Waals surface area contributed by atoms with Crippen LogP contribution in [-0.4, -0.2) is 46.9 Å². The molecular weight excluding hydrogens is 875 g/mol. The van der Waals surface area contributed by atoms with E-state index in [4.69, 9.17) is 4.74 Å². The minimum atomic E-state index is -0.808. The Morgan fingerprint density at radius 1 is 0.423 bits per heavy atom. The minimum Gasteiger partial charge on any atom is -0.462 e. The third kappa shape index (κ3) is 53.4. The maximum Gasteiger partial charge on any atom is 0.306 e. The SMILES string of the molecule is CC/C=C\C/C=C\C/C=C\C/C=C\C/C=C\CCCC(CC(=O)NC(CO)C(O)CCCCCCCCCCCCCCCCCCC)OC(=O)CCCCCCC/C=C/CCCCCCCCCCC. The van der Waals surface area contributed by atoms with Gasteiger partial charge in [-0.3, -0.25) is 9.59 Å². The van der Waals surface area contributed by atoms with Gasteiger partial charge in [0.05, 0.1) is 25.2 Å². The second-order valence-corrected chi connectivity index (χ2v) is 20.7. The molecule has 0 aromatic heterocycles. The molecule has 0 aliphatic heterocycles. The highest BCUT2D eigenvalue weighted by Crippen LogP contribution is 2.18. The van der Waals surface area contributed by atoms with Gasteiger partial charge in [-0.05, 0) is 89.9 Å². The van der Waals surface area contributed by atoms with Crippen molar-refractivity contribution in [2.75, 3.05) is 6.61 Å². The smallest absolute Gasteiger partial charge is 0.306 e. The van der Waals surface area contributed by atoms with Gasteiger partial charge in [-0.15, -0.1) is 0 Å². The Morgan fingerprint density at radius 2 is 0.775 bits per heavy atom. The number of hydrogen-bond donors (Lipinski definition) is 3. The zero-order valence-electron chi connectivity index (χ0n) is 47.1. The van der Waals surface area contributed by atoms with Crippen LogP contribution in [0.15, 0.2) is 72.9 Å². The largest absolute Gasteiger partial charge is 0.462 e. The molecule has 0 radical (unpaired) electrons. The number of nitrogens with one attached hydrogen (secondary N) is 1. The molecule has 6 heteroatoms. The van der Waals surface area contributed by atoms with Gasteiger partial charge >= 0.3 is 5.97 Å². The van der Waals surface area contributed by atoms with Crippen LogP contribution in [0, 0.1) is 0 Å². The van der Waals surface area contributed by atoms with Crippen LogP contribution in [0.5, 0.6) is 0 Å². The second-order valence-electron chi connectivity index (χ2n) is 20.7. The van der Waals surface area contributed by atoms with Crippen LogP contribution in [0.25, 0.3) is 0 Å². The van der Waals surface area contributed by atoms with E-state index >= 15 is 0 Å². The van der Waals surface area contributed by atoms with Gasteiger partial charge in [-0.2, -0.15) is 0 Å². The fourth-order valence-corrected chi connectivity index (χ4v) is 9.17. The number of carbonyl (C=O) groups excluding carboxylic acids is 2. The molecule has 0 aliphatic carbocycles. The first-order valence-electron chi connectivity index (χ1n) is 30.7. The van der Waals surface area contributed by atoms with Crippen LogP contribution >= 0.6 is 0 Å². The summed E-state index contributed by atoms with van der Waals surface area (Å²) in [4.78, 5) is 26.3. The predicted octanol–water partition coefficient (Wildman–Crippen LogP) is 19.3. The average molecular weight is 993 g/mol. The number of ether oxygens (including phenoxy) is 1. The quantitative estimate of drug-likeness (QED) is 0.0321. The molecule has 0 aliphatic rings. The molecular formula is C65H117NO5. The van der Waals surface area contributed by atoms with Crippen molar-refractivity contribution in [2.24, 2.45) is 0 Å². The van der Waals surface area contributed by atoms with Gasteiger partial charge in [0.2, 0.25) is 5.91 Å². The molecule has 0 rings (SSSR count). The second kappa shape index (κ2) is 58.2. The van der Waals surface area contributed by atoms with E-state index in [9.17, 15) is 19.8 Å². The predicted molar refractivity (Wildman–Crippen MR) is 310 cm³/mol. The zero-order chi connectivity index (χ0) is 51.6. The third-order valence-corrected chi connectivity index (χ3v) is 13.8. The van der Waals surface area contributed by atoms with Crippen LogP contribution in [0.4, 0.5) is 0 Å². The number of amides is 1. The molecule has 3 N–H and O–H groups in total. The molecule has 0 heterocycles. The first-order chi connectivity index (χ1) is 35.0. The maximum atomic E-state index is 13.3. The highest BCUT2D eigenvalue weighted by molar-refractivity contribution is 5.77. The fraction of sp³-hybridized carbons (Fsp3) is 0.785. The first-order valence-corrected chi connectivity index (χ1v) is 30.7. The fourth-order valence-electron chi connectivity index (χ4n) is 9.17. The summed E-state index contributed by atoms with van der Waals surface area (Å²) in [6.45, 7) is 6.39. The van der Waals surface area contributed by atoms with Gasteiger partial charge in [0.25, 0.3) is 0 Å². The monoisotopic (exact) mass is 992 g/mol. The third-order valence-electron chi connectivity index (χ3n) is 13.8. The number of hydrogen-bond acceptors (Lipinski definition) is 5. The van der Waals surface area contributed by atoms with Crippen molar-refractivity contribution in [3.05, 3.63) is 72.9 Å². The lowest BCUT2D eigenvalue weighted by Gasteiger charge is -2.24. The van der Waals surface area contributed by atoms with Crippen molar-refractivity contribution in [2.45, 2.75) is 322 Å². The summed E-state index contributed by atoms with van der Waals surface area (Å²) in [5, 5.41) is 23.9. The van der Waals surface area contributed by atoms with Crippen molar-refractivity contribution in [3.63, 3.8) is 0 Å². The van der Waals surface area contributed by atoms with Gasteiger partial charge in [0, 0.05) is 6.42 Å². The summed E-state index contributed by atoms with van der Waals surface area (Å²) in [7, 11) is 0. The molecule has 71 heavy (non-hydrogen) atoms. The van der Waals surface area contributed by atoms with E-state index in [-0.39, 0.29) is 24.9 Å². The molecule has 3 atom stereocenters. The topological polar surface area (TPSA) is 95.9 Å². The van der Waals surface area contributed by atoms with E-state index in [1.165, 1.54) is 167 Å². The summed E-state index contributed by atoms with van der Waals surface area (Å²) < 4.78 is 5.94. The molecule has 0 fully saturated rings. The van der Waals surface area contributed by atoms with Gasteiger partial charge in [0.1, 0.15) is 6.10 Å². The van der Waals surface area contributed by atoms with E-state index in [0.29, 0.717) is 19.3 Å². The Labute approximate surface area is 441 Å². The molecule has 0 saturated heterocycles. The lowest BCUT2D eigenvalue weighted by atomic mass is 10.0. The maximum absolute atomic E-state index is 13.3. The van der Waals surface area contributed by atoms with Crippen LogP contribution in [-0.2, 0) is 14.3 Å². The highest BCUT2D eigenvalue weighted by atomic mass is 16.5.